The lowest BCUT2D eigenvalue weighted by Crippen LogP contribution is -2.29. The second kappa shape index (κ2) is 5.66. The van der Waals surface area contributed by atoms with Gasteiger partial charge >= 0.3 is 0 Å². The quantitative estimate of drug-likeness (QED) is 0.655. The van der Waals surface area contributed by atoms with Crippen molar-refractivity contribution in [3.63, 3.8) is 0 Å². The van der Waals surface area contributed by atoms with Crippen LogP contribution in [0, 0.1) is 0 Å². The first kappa shape index (κ1) is 12.7. The van der Waals surface area contributed by atoms with Crippen LogP contribution in [0.4, 0.5) is 10.8 Å². The fourth-order valence-electron chi connectivity index (χ4n) is 1.45. The number of nitrogens with two attached hydrogens (primary N) is 2. The highest BCUT2D eigenvalue weighted by Gasteiger charge is 2.20. The van der Waals surface area contributed by atoms with Crippen LogP contribution in [0.5, 0.6) is 0 Å². The first-order chi connectivity index (χ1) is 7.61. The van der Waals surface area contributed by atoms with Crippen molar-refractivity contribution >= 4 is 28.3 Å². The highest BCUT2D eigenvalue weighted by atomic mass is 32.1. The first-order valence-corrected chi connectivity index (χ1v) is 5.79. The normalized spacial score (nSPS) is 10.4. The van der Waals surface area contributed by atoms with E-state index in [1.165, 1.54) is 0 Å². The number of carbonyl (C=O) groups is 1. The molecule has 16 heavy (non-hydrogen) atoms. The summed E-state index contributed by atoms with van der Waals surface area (Å²) in [6.45, 7) is 3.19. The summed E-state index contributed by atoms with van der Waals surface area (Å²) in [4.78, 5) is 13.1. The number of aromatic nitrogens is 1. The molecule has 6 nitrogen and oxygen atoms in total. The first-order valence-electron chi connectivity index (χ1n) is 5.02. The van der Waals surface area contributed by atoms with Crippen molar-refractivity contribution in [3.8, 4) is 0 Å². The standard InChI is InChI=1S/C9H16N4O2S/c1-2-3-13(4-5-14)9-6(8(11)15)7(10)12-16-9/h14H,2-5H2,1H3,(H2,10,12)(H2,11,15). The average molecular weight is 244 g/mol. The van der Waals surface area contributed by atoms with Gasteiger partial charge in [-0.3, -0.25) is 4.79 Å². The van der Waals surface area contributed by atoms with Gasteiger partial charge in [0.05, 0.1) is 6.61 Å². The molecular weight excluding hydrogens is 228 g/mol. The van der Waals surface area contributed by atoms with Crippen LogP contribution in [0.3, 0.4) is 0 Å². The smallest absolute Gasteiger partial charge is 0.255 e. The van der Waals surface area contributed by atoms with Gasteiger partial charge in [-0.1, -0.05) is 6.92 Å². The predicted molar refractivity (Wildman–Crippen MR) is 64.6 cm³/mol. The fourth-order valence-corrected chi connectivity index (χ4v) is 2.32. The van der Waals surface area contributed by atoms with Gasteiger partial charge in [-0.05, 0) is 18.0 Å². The average Bonchev–Trinajstić information content (AvgIpc) is 2.60. The summed E-state index contributed by atoms with van der Waals surface area (Å²) >= 11 is 1.13. The van der Waals surface area contributed by atoms with Crippen LogP contribution in [0.15, 0.2) is 0 Å². The molecule has 0 radical (unpaired) electrons. The molecule has 0 saturated heterocycles. The summed E-state index contributed by atoms with van der Waals surface area (Å²) in [5.74, 6) is -0.424. The Hall–Kier alpha value is -1.34. The van der Waals surface area contributed by atoms with Crippen molar-refractivity contribution in [3.05, 3.63) is 5.56 Å². The van der Waals surface area contributed by atoms with E-state index < -0.39 is 5.91 Å². The maximum absolute atomic E-state index is 11.2. The van der Waals surface area contributed by atoms with E-state index in [4.69, 9.17) is 16.6 Å². The van der Waals surface area contributed by atoms with Crippen LogP contribution in [0.1, 0.15) is 23.7 Å². The SMILES string of the molecule is CCCN(CCO)c1snc(N)c1C(N)=O. The summed E-state index contributed by atoms with van der Waals surface area (Å²) in [6.07, 6.45) is 0.899. The van der Waals surface area contributed by atoms with E-state index in [1.54, 1.807) is 0 Å². The molecule has 0 aliphatic carbocycles. The number of aliphatic hydroxyl groups is 1. The molecule has 7 heteroatoms. The van der Waals surface area contributed by atoms with Crippen molar-refractivity contribution in [2.75, 3.05) is 30.3 Å². The maximum Gasteiger partial charge on any atom is 0.255 e. The Balaban J connectivity index is 3.03. The van der Waals surface area contributed by atoms with Crippen LogP contribution in [-0.2, 0) is 0 Å². The highest BCUT2D eigenvalue weighted by Crippen LogP contribution is 2.30. The molecule has 1 rings (SSSR count). The predicted octanol–water partition coefficient (Wildman–Crippen LogP) is 0.0329. The van der Waals surface area contributed by atoms with E-state index in [9.17, 15) is 4.79 Å². The van der Waals surface area contributed by atoms with E-state index in [-0.39, 0.29) is 18.0 Å². The van der Waals surface area contributed by atoms with E-state index in [1.807, 2.05) is 11.8 Å². The molecule has 0 atom stereocenters. The number of aliphatic hydroxyl groups excluding tert-OH is 1. The molecular formula is C9H16N4O2S. The molecule has 0 unspecified atom stereocenters. The Morgan fingerprint density at radius 1 is 1.56 bits per heavy atom. The van der Waals surface area contributed by atoms with E-state index in [0.29, 0.717) is 11.5 Å². The summed E-state index contributed by atoms with van der Waals surface area (Å²) < 4.78 is 3.92. The van der Waals surface area contributed by atoms with Gasteiger partial charge in [0.25, 0.3) is 5.91 Å². The van der Waals surface area contributed by atoms with Crippen molar-refractivity contribution < 1.29 is 9.90 Å². The number of hydrogen-bond donors (Lipinski definition) is 3. The minimum absolute atomic E-state index is 0.00993. The van der Waals surface area contributed by atoms with Gasteiger partial charge in [0, 0.05) is 13.1 Å². The van der Waals surface area contributed by atoms with Crippen molar-refractivity contribution in [2.45, 2.75) is 13.3 Å². The Morgan fingerprint density at radius 3 is 2.75 bits per heavy atom. The number of anilines is 2. The minimum Gasteiger partial charge on any atom is -0.395 e. The van der Waals surface area contributed by atoms with Crippen molar-refractivity contribution in [1.29, 1.82) is 0 Å². The third kappa shape index (κ3) is 2.61. The summed E-state index contributed by atoms with van der Waals surface area (Å²) in [5.41, 5.74) is 11.1. The Bertz CT molecular complexity index is 360. The number of carbonyl (C=O) groups excluding carboxylic acids is 1. The lowest BCUT2D eigenvalue weighted by molar-refractivity contribution is 0.100. The molecule has 1 aromatic heterocycles. The van der Waals surface area contributed by atoms with Crippen LogP contribution in [0.25, 0.3) is 0 Å². The number of primary amides is 1. The van der Waals surface area contributed by atoms with Crippen LogP contribution in [0.2, 0.25) is 0 Å². The lowest BCUT2D eigenvalue weighted by atomic mass is 10.2. The molecule has 0 aliphatic rings. The molecule has 0 saturated carbocycles. The zero-order chi connectivity index (χ0) is 12.1. The van der Waals surface area contributed by atoms with E-state index in [2.05, 4.69) is 4.37 Å². The Kier molecular flexibility index (Phi) is 4.51. The molecule has 0 aromatic carbocycles. The van der Waals surface area contributed by atoms with Crippen molar-refractivity contribution in [1.82, 2.24) is 4.37 Å². The second-order valence-corrected chi connectivity index (χ2v) is 4.07. The lowest BCUT2D eigenvalue weighted by Gasteiger charge is -2.21. The van der Waals surface area contributed by atoms with E-state index in [0.717, 1.165) is 24.5 Å². The van der Waals surface area contributed by atoms with Crippen LogP contribution < -0.4 is 16.4 Å². The van der Waals surface area contributed by atoms with Crippen LogP contribution in [-0.4, -0.2) is 35.1 Å². The third-order valence-electron chi connectivity index (χ3n) is 2.10. The highest BCUT2D eigenvalue weighted by molar-refractivity contribution is 7.11. The number of nitrogen functional groups attached to an aromatic ring is 1. The van der Waals surface area contributed by atoms with Crippen LogP contribution >= 0.6 is 11.5 Å². The van der Waals surface area contributed by atoms with E-state index >= 15 is 0 Å². The van der Waals surface area contributed by atoms with Gasteiger partial charge in [-0.25, -0.2) is 0 Å². The molecule has 5 N–H and O–H groups in total. The monoisotopic (exact) mass is 244 g/mol. The van der Waals surface area contributed by atoms with Crippen molar-refractivity contribution in [2.24, 2.45) is 5.73 Å². The molecule has 1 amide bonds. The number of amides is 1. The molecule has 1 aromatic rings. The van der Waals surface area contributed by atoms with Gasteiger partial charge in [0.15, 0.2) is 5.82 Å². The summed E-state index contributed by atoms with van der Waals surface area (Å²) in [6, 6.07) is 0. The zero-order valence-electron chi connectivity index (χ0n) is 9.14. The second-order valence-electron chi connectivity index (χ2n) is 3.32. The minimum atomic E-state index is -0.583. The number of nitrogens with zero attached hydrogens (tertiary/aromatic N) is 2. The van der Waals surface area contributed by atoms with Gasteiger partial charge in [-0.2, -0.15) is 4.37 Å². The summed E-state index contributed by atoms with van der Waals surface area (Å²) in [7, 11) is 0. The fraction of sp³-hybridized carbons (Fsp3) is 0.556. The number of rotatable bonds is 6. The molecule has 0 bridgehead atoms. The summed E-state index contributed by atoms with van der Waals surface area (Å²) in [5, 5.41) is 9.60. The molecule has 1 heterocycles. The molecule has 0 fully saturated rings. The van der Waals surface area contributed by atoms with Gasteiger partial charge in [0.1, 0.15) is 10.6 Å². The topological polar surface area (TPSA) is 105 Å². The number of hydrogen-bond acceptors (Lipinski definition) is 6. The largest absolute Gasteiger partial charge is 0.395 e. The molecule has 0 aliphatic heterocycles. The van der Waals surface area contributed by atoms with Gasteiger partial charge in [0.2, 0.25) is 0 Å². The maximum atomic E-state index is 11.2. The van der Waals surface area contributed by atoms with Gasteiger partial charge in [-0.15, -0.1) is 0 Å². The van der Waals surface area contributed by atoms with Gasteiger partial charge < -0.3 is 21.5 Å². The zero-order valence-corrected chi connectivity index (χ0v) is 9.96. The Morgan fingerprint density at radius 2 is 2.25 bits per heavy atom. The molecule has 90 valence electrons. The third-order valence-corrected chi connectivity index (χ3v) is 3.02. The molecule has 0 spiro atoms. The Labute approximate surface area is 98.0 Å².